The molecule has 1 aromatic rings. The zero-order valence-corrected chi connectivity index (χ0v) is 12.0. The molecule has 102 valence electrons. The van der Waals surface area contributed by atoms with E-state index in [1.807, 2.05) is 23.9 Å². The molecule has 0 radical (unpaired) electrons. The second-order valence-corrected chi connectivity index (χ2v) is 6.16. The van der Waals surface area contributed by atoms with Crippen molar-refractivity contribution in [1.82, 2.24) is 5.32 Å². The Bertz CT molecular complexity index is 440. The molecule has 0 saturated heterocycles. The number of benzene rings is 1. The number of hydrogen-bond acceptors (Lipinski definition) is 4. The summed E-state index contributed by atoms with van der Waals surface area (Å²) in [4.78, 5) is 0. The van der Waals surface area contributed by atoms with E-state index in [0.717, 1.165) is 10.8 Å². The van der Waals surface area contributed by atoms with Crippen LogP contribution in [0.15, 0.2) is 24.3 Å². The van der Waals surface area contributed by atoms with Crippen molar-refractivity contribution >= 4 is 11.8 Å². The van der Waals surface area contributed by atoms with Gasteiger partial charge < -0.3 is 10.4 Å². The van der Waals surface area contributed by atoms with E-state index < -0.39 is 6.10 Å². The van der Waals surface area contributed by atoms with Gasteiger partial charge in [-0.2, -0.15) is 17.0 Å². The molecule has 1 aliphatic rings. The molecule has 1 fully saturated rings. The number of nitrogens with one attached hydrogen (secondary N) is 1. The zero-order valence-electron chi connectivity index (χ0n) is 11.2. The zero-order chi connectivity index (χ0) is 13.7. The van der Waals surface area contributed by atoms with Crippen LogP contribution < -0.4 is 5.32 Å². The predicted octanol–water partition coefficient (Wildman–Crippen LogP) is 2.47. The summed E-state index contributed by atoms with van der Waals surface area (Å²) < 4.78 is 0. The van der Waals surface area contributed by atoms with Crippen LogP contribution in [0.5, 0.6) is 0 Å². The molecule has 0 amide bonds. The number of nitrogens with zero attached hydrogens (tertiary/aromatic N) is 1. The number of aliphatic hydroxyl groups excluding tert-OH is 1. The minimum Gasteiger partial charge on any atom is -0.387 e. The van der Waals surface area contributed by atoms with Crippen LogP contribution in [0.2, 0.25) is 0 Å². The molecule has 0 bridgehead atoms. The van der Waals surface area contributed by atoms with Gasteiger partial charge in [0.05, 0.1) is 17.7 Å². The summed E-state index contributed by atoms with van der Waals surface area (Å²) in [7, 11) is 0. The van der Waals surface area contributed by atoms with Crippen molar-refractivity contribution in [2.75, 3.05) is 12.8 Å². The summed E-state index contributed by atoms with van der Waals surface area (Å²) >= 11 is 1.94. The van der Waals surface area contributed by atoms with E-state index in [0.29, 0.717) is 18.2 Å². The Hall–Kier alpha value is -1.02. The third kappa shape index (κ3) is 3.97. The van der Waals surface area contributed by atoms with Gasteiger partial charge in [-0.1, -0.05) is 12.1 Å². The summed E-state index contributed by atoms with van der Waals surface area (Å²) in [6.07, 6.45) is 5.33. The molecule has 1 aromatic carbocycles. The summed E-state index contributed by atoms with van der Waals surface area (Å²) in [6, 6.07) is 9.76. The average molecular weight is 276 g/mol. The molecule has 3 unspecified atom stereocenters. The highest BCUT2D eigenvalue weighted by atomic mass is 32.2. The van der Waals surface area contributed by atoms with Gasteiger partial charge in [-0.3, -0.25) is 0 Å². The SMILES string of the molecule is CSC1CCC(NCC(O)c2ccc(C#N)cc2)C1. The standard InChI is InChI=1S/C15H20N2OS/c1-19-14-7-6-13(8-14)17-10-15(18)12-4-2-11(9-16)3-5-12/h2-5,13-15,17-18H,6-8,10H2,1H3. The highest BCUT2D eigenvalue weighted by molar-refractivity contribution is 7.99. The van der Waals surface area contributed by atoms with Gasteiger partial charge in [0.1, 0.15) is 0 Å². The van der Waals surface area contributed by atoms with Crippen molar-refractivity contribution in [3.63, 3.8) is 0 Å². The van der Waals surface area contributed by atoms with Crippen molar-refractivity contribution in [2.24, 2.45) is 0 Å². The van der Waals surface area contributed by atoms with E-state index in [1.54, 1.807) is 12.1 Å². The molecule has 0 spiro atoms. The first kappa shape index (κ1) is 14.4. The van der Waals surface area contributed by atoms with Crippen molar-refractivity contribution in [3.8, 4) is 6.07 Å². The lowest BCUT2D eigenvalue weighted by atomic mass is 10.1. The number of aliphatic hydroxyl groups is 1. The van der Waals surface area contributed by atoms with Crippen LogP contribution in [0, 0.1) is 11.3 Å². The molecule has 0 heterocycles. The molecule has 4 heteroatoms. The number of nitriles is 1. The van der Waals surface area contributed by atoms with E-state index in [2.05, 4.69) is 17.6 Å². The third-order valence-corrected chi connectivity index (χ3v) is 4.84. The highest BCUT2D eigenvalue weighted by Gasteiger charge is 2.23. The van der Waals surface area contributed by atoms with Crippen LogP contribution in [0.25, 0.3) is 0 Å². The van der Waals surface area contributed by atoms with Gasteiger partial charge in [-0.05, 0) is 43.2 Å². The lowest BCUT2D eigenvalue weighted by Crippen LogP contribution is -2.31. The van der Waals surface area contributed by atoms with Crippen LogP contribution >= 0.6 is 11.8 Å². The van der Waals surface area contributed by atoms with Crippen molar-refractivity contribution in [2.45, 2.75) is 36.7 Å². The van der Waals surface area contributed by atoms with Crippen LogP contribution in [-0.4, -0.2) is 29.2 Å². The predicted molar refractivity (Wildman–Crippen MR) is 79.1 cm³/mol. The molecule has 2 rings (SSSR count). The first-order valence-corrected chi connectivity index (χ1v) is 7.96. The summed E-state index contributed by atoms with van der Waals surface area (Å²) in [5, 5.41) is 23.1. The van der Waals surface area contributed by atoms with Crippen LogP contribution in [0.1, 0.15) is 36.5 Å². The Morgan fingerprint density at radius 1 is 1.42 bits per heavy atom. The number of thioether (sulfide) groups is 1. The maximum absolute atomic E-state index is 10.1. The van der Waals surface area contributed by atoms with Crippen LogP contribution in [0.4, 0.5) is 0 Å². The quantitative estimate of drug-likeness (QED) is 0.867. The van der Waals surface area contributed by atoms with Gasteiger partial charge in [0.2, 0.25) is 0 Å². The molecule has 19 heavy (non-hydrogen) atoms. The molecular formula is C15H20N2OS. The molecule has 2 N–H and O–H groups in total. The van der Waals surface area contributed by atoms with Gasteiger partial charge in [-0.25, -0.2) is 0 Å². The largest absolute Gasteiger partial charge is 0.387 e. The summed E-state index contributed by atoms with van der Waals surface area (Å²) in [6.45, 7) is 0.581. The van der Waals surface area contributed by atoms with Gasteiger partial charge in [0, 0.05) is 17.8 Å². The first-order valence-electron chi connectivity index (χ1n) is 6.67. The van der Waals surface area contributed by atoms with Gasteiger partial charge in [0.25, 0.3) is 0 Å². The topological polar surface area (TPSA) is 56.0 Å². The normalized spacial score (nSPS) is 24.1. The van der Waals surface area contributed by atoms with Crippen molar-refractivity contribution in [3.05, 3.63) is 35.4 Å². The molecule has 0 aromatic heterocycles. The molecule has 3 atom stereocenters. The Balaban J connectivity index is 1.81. The monoisotopic (exact) mass is 276 g/mol. The maximum atomic E-state index is 10.1. The lowest BCUT2D eigenvalue weighted by molar-refractivity contribution is 0.170. The van der Waals surface area contributed by atoms with Crippen LogP contribution in [0.3, 0.4) is 0 Å². The first-order chi connectivity index (χ1) is 9.22. The minimum absolute atomic E-state index is 0.499. The molecule has 1 aliphatic carbocycles. The lowest BCUT2D eigenvalue weighted by Gasteiger charge is -2.17. The molecule has 0 aliphatic heterocycles. The van der Waals surface area contributed by atoms with Crippen molar-refractivity contribution in [1.29, 1.82) is 5.26 Å². The third-order valence-electron chi connectivity index (χ3n) is 3.74. The number of rotatable bonds is 5. The van der Waals surface area contributed by atoms with Crippen LogP contribution in [-0.2, 0) is 0 Å². The summed E-state index contributed by atoms with van der Waals surface area (Å²) in [5.74, 6) is 0. The fourth-order valence-electron chi connectivity index (χ4n) is 2.52. The Kier molecular flexibility index (Phi) is 5.26. The Morgan fingerprint density at radius 3 is 2.74 bits per heavy atom. The fraction of sp³-hybridized carbons (Fsp3) is 0.533. The Labute approximate surface area is 119 Å². The second kappa shape index (κ2) is 6.95. The van der Waals surface area contributed by atoms with Gasteiger partial charge in [0.15, 0.2) is 0 Å². The van der Waals surface area contributed by atoms with Gasteiger partial charge in [-0.15, -0.1) is 0 Å². The minimum atomic E-state index is -0.499. The Morgan fingerprint density at radius 2 is 2.16 bits per heavy atom. The smallest absolute Gasteiger partial charge is 0.0991 e. The maximum Gasteiger partial charge on any atom is 0.0991 e. The molecule has 1 saturated carbocycles. The van der Waals surface area contributed by atoms with Crippen molar-refractivity contribution < 1.29 is 5.11 Å². The fourth-order valence-corrected chi connectivity index (χ4v) is 3.31. The summed E-state index contributed by atoms with van der Waals surface area (Å²) in [5.41, 5.74) is 1.49. The second-order valence-electron chi connectivity index (χ2n) is 5.03. The average Bonchev–Trinajstić information content (AvgIpc) is 2.93. The van der Waals surface area contributed by atoms with E-state index in [1.165, 1.54) is 19.3 Å². The number of hydrogen-bond donors (Lipinski definition) is 2. The van der Waals surface area contributed by atoms with E-state index in [-0.39, 0.29) is 0 Å². The van der Waals surface area contributed by atoms with E-state index >= 15 is 0 Å². The van der Waals surface area contributed by atoms with Gasteiger partial charge >= 0.3 is 0 Å². The van der Waals surface area contributed by atoms with E-state index in [4.69, 9.17) is 5.26 Å². The molecular weight excluding hydrogens is 256 g/mol. The molecule has 3 nitrogen and oxygen atoms in total. The highest BCUT2D eigenvalue weighted by Crippen LogP contribution is 2.28. The van der Waals surface area contributed by atoms with E-state index in [9.17, 15) is 5.11 Å².